The summed E-state index contributed by atoms with van der Waals surface area (Å²) >= 11 is 0. The summed E-state index contributed by atoms with van der Waals surface area (Å²) in [5, 5.41) is 10.9. The number of methoxy groups -OCH3 is 1. The van der Waals surface area contributed by atoms with Gasteiger partial charge in [-0.15, -0.1) is 0 Å². The van der Waals surface area contributed by atoms with Gasteiger partial charge in [-0.2, -0.15) is 0 Å². The van der Waals surface area contributed by atoms with E-state index < -0.39 is 10.9 Å². The minimum Gasteiger partial charge on any atom is -0.485 e. The zero-order valence-electron chi connectivity index (χ0n) is 13.9. The Morgan fingerprint density at radius 2 is 1.88 bits per heavy atom. The summed E-state index contributed by atoms with van der Waals surface area (Å²) in [6.07, 6.45) is 0.0192. The van der Waals surface area contributed by atoms with E-state index in [4.69, 9.17) is 9.47 Å². The van der Waals surface area contributed by atoms with Crippen molar-refractivity contribution in [1.29, 1.82) is 0 Å². The van der Waals surface area contributed by atoms with E-state index in [0.29, 0.717) is 28.4 Å². The molecule has 2 aromatic rings. The number of ether oxygens (including phenoxy) is 3. The molecular weight excluding hydrogens is 342 g/mol. The van der Waals surface area contributed by atoms with Gasteiger partial charge in [-0.05, 0) is 24.3 Å². The van der Waals surface area contributed by atoms with Gasteiger partial charge in [0.05, 0.1) is 18.5 Å². The molecule has 26 heavy (non-hydrogen) atoms. The summed E-state index contributed by atoms with van der Waals surface area (Å²) in [4.78, 5) is 33.8. The number of nitrogens with zero attached hydrogens (tertiary/aromatic N) is 1. The lowest BCUT2D eigenvalue weighted by molar-refractivity contribution is -0.385. The molecular formula is C18H15NO7. The number of Topliss-reactive ketones (excluding diaryl/α,β-unsaturated/α-hetero) is 1. The average molecular weight is 357 g/mol. The van der Waals surface area contributed by atoms with Gasteiger partial charge in [0.2, 0.25) is 0 Å². The smallest absolute Gasteiger partial charge is 0.305 e. The molecule has 3 rings (SSSR count). The number of carbonyl (C=O) groups excluding carboxylic acids is 2. The Balaban J connectivity index is 1.83. The van der Waals surface area contributed by atoms with Crippen LogP contribution in [0.3, 0.4) is 0 Å². The summed E-state index contributed by atoms with van der Waals surface area (Å²) in [6.45, 7) is 0.111. The lowest BCUT2D eigenvalue weighted by atomic mass is 10.1. The summed E-state index contributed by atoms with van der Waals surface area (Å²) in [5.41, 5.74) is 0.858. The van der Waals surface area contributed by atoms with Gasteiger partial charge < -0.3 is 14.2 Å². The molecule has 0 radical (unpaired) electrons. The number of esters is 1. The van der Waals surface area contributed by atoms with Crippen molar-refractivity contribution in [2.45, 2.75) is 19.4 Å². The molecule has 0 saturated heterocycles. The van der Waals surface area contributed by atoms with E-state index in [-0.39, 0.29) is 30.9 Å². The van der Waals surface area contributed by atoms with Gasteiger partial charge >= 0.3 is 5.97 Å². The number of rotatable bonds is 5. The quantitative estimate of drug-likeness (QED) is 0.349. The van der Waals surface area contributed by atoms with Crippen LogP contribution >= 0.6 is 0 Å². The monoisotopic (exact) mass is 357 g/mol. The first-order chi connectivity index (χ1) is 12.5. The van der Waals surface area contributed by atoms with Crippen molar-refractivity contribution in [2.75, 3.05) is 7.11 Å². The van der Waals surface area contributed by atoms with Crippen LogP contribution in [0.15, 0.2) is 36.4 Å². The summed E-state index contributed by atoms with van der Waals surface area (Å²) in [6, 6.07) is 8.95. The van der Waals surface area contributed by atoms with E-state index in [9.17, 15) is 19.7 Å². The number of ketones is 1. The van der Waals surface area contributed by atoms with E-state index in [1.54, 1.807) is 12.1 Å². The van der Waals surface area contributed by atoms with Crippen LogP contribution in [0, 0.1) is 10.1 Å². The van der Waals surface area contributed by atoms with Crippen molar-refractivity contribution in [1.82, 2.24) is 0 Å². The highest BCUT2D eigenvalue weighted by Crippen LogP contribution is 2.39. The lowest BCUT2D eigenvalue weighted by Crippen LogP contribution is -2.06. The van der Waals surface area contributed by atoms with E-state index in [1.807, 2.05) is 0 Å². The zero-order chi connectivity index (χ0) is 18.7. The molecule has 2 aromatic carbocycles. The van der Waals surface area contributed by atoms with Gasteiger partial charge in [-0.25, -0.2) is 0 Å². The molecule has 0 bridgehead atoms. The first kappa shape index (κ1) is 17.4. The molecule has 1 aliphatic heterocycles. The Kier molecular flexibility index (Phi) is 4.83. The molecule has 0 aromatic heterocycles. The van der Waals surface area contributed by atoms with Crippen LogP contribution < -0.4 is 9.47 Å². The van der Waals surface area contributed by atoms with Gasteiger partial charge in [0.15, 0.2) is 17.3 Å². The van der Waals surface area contributed by atoms with E-state index in [0.717, 1.165) is 0 Å². The Bertz CT molecular complexity index is 891. The van der Waals surface area contributed by atoms with E-state index in [1.165, 1.54) is 31.4 Å². The maximum Gasteiger partial charge on any atom is 0.305 e. The molecule has 0 N–H and O–H groups in total. The van der Waals surface area contributed by atoms with Gasteiger partial charge in [0.25, 0.3) is 5.69 Å². The third-order valence-electron chi connectivity index (χ3n) is 3.91. The Morgan fingerprint density at radius 3 is 2.62 bits per heavy atom. The Labute approximate surface area is 148 Å². The molecule has 1 heterocycles. The predicted octanol–water partition coefficient (Wildman–Crippen LogP) is 3.42. The lowest BCUT2D eigenvalue weighted by Gasteiger charge is -2.09. The highest BCUT2D eigenvalue weighted by molar-refractivity contribution is 5.98. The van der Waals surface area contributed by atoms with Crippen LogP contribution in [-0.2, 0) is 16.1 Å². The van der Waals surface area contributed by atoms with E-state index >= 15 is 0 Å². The third-order valence-corrected chi connectivity index (χ3v) is 3.91. The highest BCUT2D eigenvalue weighted by atomic mass is 16.6. The molecule has 0 fully saturated rings. The number of carbonyl (C=O) groups is 2. The first-order valence-electron chi connectivity index (χ1n) is 7.80. The fourth-order valence-corrected chi connectivity index (χ4v) is 2.51. The number of nitro benzene ring substituents is 1. The van der Waals surface area contributed by atoms with E-state index in [2.05, 4.69) is 4.74 Å². The topological polar surface area (TPSA) is 105 Å². The van der Waals surface area contributed by atoms with Gasteiger partial charge in [-0.3, -0.25) is 19.7 Å². The number of non-ortho nitro benzene ring substituents is 1. The number of benzene rings is 2. The minimum absolute atomic E-state index is 0.00369. The zero-order valence-corrected chi connectivity index (χ0v) is 13.9. The van der Waals surface area contributed by atoms with Crippen molar-refractivity contribution in [3.8, 4) is 17.2 Å². The summed E-state index contributed by atoms with van der Waals surface area (Å²) in [5.74, 6) is 0.501. The van der Waals surface area contributed by atoms with Crippen LogP contribution in [0.25, 0.3) is 0 Å². The van der Waals surface area contributed by atoms with Crippen molar-refractivity contribution in [2.24, 2.45) is 0 Å². The predicted molar refractivity (Wildman–Crippen MR) is 89.5 cm³/mol. The molecule has 0 spiro atoms. The van der Waals surface area contributed by atoms with Gasteiger partial charge in [0.1, 0.15) is 12.4 Å². The minimum atomic E-state index is -0.490. The van der Waals surface area contributed by atoms with Crippen molar-refractivity contribution in [3.63, 3.8) is 0 Å². The van der Waals surface area contributed by atoms with Crippen molar-refractivity contribution < 1.29 is 28.7 Å². The molecule has 1 aliphatic rings. The number of hydrogen-bond acceptors (Lipinski definition) is 7. The molecule has 134 valence electrons. The normalized spacial score (nSPS) is 11.9. The molecule has 0 aliphatic carbocycles. The summed E-state index contributed by atoms with van der Waals surface area (Å²) < 4.78 is 15.9. The number of fused-ring (bicyclic) bond motifs is 2. The molecule has 0 atom stereocenters. The third kappa shape index (κ3) is 3.64. The van der Waals surface area contributed by atoms with Crippen molar-refractivity contribution in [3.05, 3.63) is 57.6 Å². The molecule has 8 heteroatoms. The van der Waals surface area contributed by atoms with Crippen molar-refractivity contribution >= 4 is 17.4 Å². The average Bonchev–Trinajstić information content (AvgIpc) is 2.83. The second-order valence-corrected chi connectivity index (χ2v) is 5.60. The standard InChI is InChI=1S/C18H15NO7/c1-24-18(21)7-4-14(20)11-2-5-16-17(9-11)26-15-6-3-13(19(22)23)8-12(15)10-25-16/h2-3,5-6,8-9H,4,7,10H2,1H3. The molecule has 8 nitrogen and oxygen atoms in total. The first-order valence-corrected chi connectivity index (χ1v) is 7.80. The number of hydrogen-bond donors (Lipinski definition) is 0. The van der Waals surface area contributed by atoms with Crippen LogP contribution in [-0.4, -0.2) is 23.8 Å². The number of nitro groups is 1. The van der Waals surface area contributed by atoms with Crippen LogP contribution in [0.2, 0.25) is 0 Å². The maximum absolute atomic E-state index is 12.2. The van der Waals surface area contributed by atoms with Gasteiger partial charge in [0, 0.05) is 29.7 Å². The second kappa shape index (κ2) is 7.22. The maximum atomic E-state index is 12.2. The highest BCUT2D eigenvalue weighted by Gasteiger charge is 2.20. The Morgan fingerprint density at radius 1 is 1.12 bits per heavy atom. The molecule has 0 saturated carbocycles. The molecule has 0 amide bonds. The SMILES string of the molecule is COC(=O)CCC(=O)c1ccc2c(c1)Oc1ccc([N+](=O)[O-])cc1CO2. The summed E-state index contributed by atoms with van der Waals surface area (Å²) in [7, 11) is 1.27. The van der Waals surface area contributed by atoms with Gasteiger partial charge in [-0.1, -0.05) is 0 Å². The Hall–Kier alpha value is -3.42. The van der Waals surface area contributed by atoms with Crippen LogP contribution in [0.5, 0.6) is 17.2 Å². The van der Waals surface area contributed by atoms with Crippen LogP contribution in [0.4, 0.5) is 5.69 Å². The van der Waals surface area contributed by atoms with Crippen LogP contribution in [0.1, 0.15) is 28.8 Å². The fraction of sp³-hybridized carbons (Fsp3) is 0.222. The largest absolute Gasteiger partial charge is 0.485 e. The second-order valence-electron chi connectivity index (χ2n) is 5.60. The fourth-order valence-electron chi connectivity index (χ4n) is 2.51. The molecule has 0 unspecified atom stereocenters.